The summed E-state index contributed by atoms with van der Waals surface area (Å²) in [5, 5.41) is 3.80. The lowest BCUT2D eigenvalue weighted by atomic mass is 9.95. The van der Waals surface area contributed by atoms with Crippen molar-refractivity contribution >= 4 is 22.8 Å². The van der Waals surface area contributed by atoms with Crippen LogP contribution in [0.15, 0.2) is 42.5 Å². The molecule has 5 rings (SSSR count). The lowest BCUT2D eigenvalue weighted by Gasteiger charge is -2.26. The van der Waals surface area contributed by atoms with Crippen LogP contribution >= 0.6 is 0 Å². The smallest absolute Gasteiger partial charge is 0.338 e. The summed E-state index contributed by atoms with van der Waals surface area (Å²) in [5.41, 5.74) is 4.05. The van der Waals surface area contributed by atoms with Crippen molar-refractivity contribution in [1.29, 1.82) is 0 Å². The largest absolute Gasteiger partial charge is 0.486 e. The first-order valence-corrected chi connectivity index (χ1v) is 10.6. The van der Waals surface area contributed by atoms with Crippen LogP contribution in [0.4, 0.5) is 0 Å². The van der Waals surface area contributed by atoms with Gasteiger partial charge in [0.2, 0.25) is 0 Å². The molecule has 0 fully saturated rings. The third-order valence-corrected chi connectivity index (χ3v) is 5.76. The minimum absolute atomic E-state index is 0.270. The van der Waals surface area contributed by atoms with Crippen LogP contribution in [0, 0.1) is 0 Å². The van der Waals surface area contributed by atoms with Crippen molar-refractivity contribution in [2.45, 2.75) is 31.8 Å². The number of rotatable bonds is 5. The Kier molecular flexibility index (Phi) is 5.24. The molecule has 1 aliphatic carbocycles. The lowest BCUT2D eigenvalue weighted by molar-refractivity contribution is -0.124. The average Bonchev–Trinajstić information content (AvgIpc) is 3.19. The molecule has 0 bridgehead atoms. The third-order valence-electron chi connectivity index (χ3n) is 5.76. The fraction of sp³-hybridized carbons (Fsp3) is 0.333. The zero-order valence-corrected chi connectivity index (χ0v) is 17.1. The molecule has 3 aromatic rings. The number of esters is 1. The van der Waals surface area contributed by atoms with Gasteiger partial charge >= 0.3 is 5.97 Å². The van der Waals surface area contributed by atoms with E-state index >= 15 is 0 Å². The Morgan fingerprint density at radius 1 is 1.10 bits per heavy atom. The number of carbonyl (C=O) groups is 2. The van der Waals surface area contributed by atoms with Crippen molar-refractivity contribution in [1.82, 2.24) is 10.3 Å². The summed E-state index contributed by atoms with van der Waals surface area (Å²) in [6, 6.07) is 12.9. The second kappa shape index (κ2) is 8.34. The predicted octanol–water partition coefficient (Wildman–Crippen LogP) is 3.16. The maximum absolute atomic E-state index is 12.5. The van der Waals surface area contributed by atoms with Gasteiger partial charge in [0.05, 0.1) is 12.1 Å². The van der Waals surface area contributed by atoms with Crippen LogP contribution in [0.2, 0.25) is 0 Å². The number of fused-ring (bicyclic) bond motifs is 4. The van der Waals surface area contributed by atoms with Gasteiger partial charge in [-0.2, -0.15) is 0 Å². The summed E-state index contributed by atoms with van der Waals surface area (Å²) >= 11 is 0. The van der Waals surface area contributed by atoms with E-state index in [0.29, 0.717) is 23.7 Å². The van der Waals surface area contributed by atoms with E-state index in [1.165, 1.54) is 17.7 Å². The minimum Gasteiger partial charge on any atom is -0.486 e. The Hall–Kier alpha value is -3.48. The number of amides is 1. The summed E-state index contributed by atoms with van der Waals surface area (Å²) in [4.78, 5) is 28.1. The number of H-pyrrole nitrogens is 1. The highest BCUT2D eigenvalue weighted by Crippen LogP contribution is 2.31. The van der Waals surface area contributed by atoms with Crippen LogP contribution in [-0.2, 0) is 22.4 Å². The van der Waals surface area contributed by atoms with Crippen molar-refractivity contribution in [3.05, 3.63) is 59.3 Å². The molecule has 7 heteroatoms. The molecule has 2 heterocycles. The van der Waals surface area contributed by atoms with Gasteiger partial charge in [-0.15, -0.1) is 0 Å². The summed E-state index contributed by atoms with van der Waals surface area (Å²) in [6.45, 7) is 0.274. The van der Waals surface area contributed by atoms with E-state index in [2.05, 4.69) is 10.3 Å². The molecule has 0 radical (unpaired) electrons. The van der Waals surface area contributed by atoms with Gasteiger partial charge in [0.15, 0.2) is 18.1 Å². The number of hydrogen-bond acceptors (Lipinski definition) is 5. The van der Waals surface area contributed by atoms with Crippen LogP contribution in [0.5, 0.6) is 11.5 Å². The van der Waals surface area contributed by atoms with Crippen molar-refractivity contribution in [3.8, 4) is 11.5 Å². The van der Waals surface area contributed by atoms with E-state index in [-0.39, 0.29) is 25.2 Å². The Morgan fingerprint density at radius 2 is 1.94 bits per heavy atom. The van der Waals surface area contributed by atoms with Gasteiger partial charge in [-0.25, -0.2) is 4.79 Å². The predicted molar refractivity (Wildman–Crippen MR) is 115 cm³/mol. The Bertz CT molecular complexity index is 1140. The quantitative estimate of drug-likeness (QED) is 0.619. The third kappa shape index (κ3) is 4.08. The number of benzene rings is 2. The second-order valence-electron chi connectivity index (χ2n) is 7.93. The molecule has 2 N–H and O–H groups in total. The molecule has 160 valence electrons. The summed E-state index contributed by atoms with van der Waals surface area (Å²) in [6.07, 6.45) is 4.13. The Morgan fingerprint density at radius 3 is 2.84 bits per heavy atom. The molecule has 0 spiro atoms. The number of para-hydroxylation sites is 2. The molecular weight excluding hydrogens is 396 g/mol. The maximum Gasteiger partial charge on any atom is 0.338 e. The lowest BCUT2D eigenvalue weighted by Crippen LogP contribution is -2.42. The summed E-state index contributed by atoms with van der Waals surface area (Å²) in [5.74, 6) is 0.464. The van der Waals surface area contributed by atoms with Gasteiger partial charge in [-0.3, -0.25) is 4.79 Å². The zero-order valence-electron chi connectivity index (χ0n) is 17.1. The van der Waals surface area contributed by atoms with E-state index in [0.717, 1.165) is 30.2 Å². The van der Waals surface area contributed by atoms with E-state index in [4.69, 9.17) is 14.2 Å². The molecule has 0 saturated heterocycles. The van der Waals surface area contributed by atoms with E-state index in [1.54, 1.807) is 6.07 Å². The van der Waals surface area contributed by atoms with E-state index in [1.807, 2.05) is 36.4 Å². The van der Waals surface area contributed by atoms with Crippen molar-refractivity contribution in [2.75, 3.05) is 19.8 Å². The number of carbonyl (C=O) groups excluding carboxylic acids is 2. The van der Waals surface area contributed by atoms with Crippen LogP contribution < -0.4 is 14.8 Å². The number of hydrogen-bond donors (Lipinski definition) is 2. The highest BCUT2D eigenvalue weighted by molar-refractivity contribution is 5.97. The maximum atomic E-state index is 12.5. The Balaban J connectivity index is 1.14. The number of nitrogens with one attached hydrogen (secondary N) is 2. The first-order chi connectivity index (χ1) is 15.2. The SMILES string of the molecule is O=C(COC(=O)c1ccc2[nH]c3c(c2c1)CCCC3)NC[C@@H]1COc2ccccc2O1. The van der Waals surface area contributed by atoms with Gasteiger partial charge in [-0.1, -0.05) is 12.1 Å². The van der Waals surface area contributed by atoms with Gasteiger partial charge < -0.3 is 24.5 Å². The standard InChI is InChI=1S/C24H24N2O5/c27-23(25-12-16-13-29-21-7-3-4-8-22(21)31-16)14-30-24(28)15-9-10-20-18(11-15)17-5-1-2-6-19(17)26-20/h3-4,7-11,16,26H,1-2,5-6,12-14H2,(H,25,27)/t16-/m1/s1. The minimum atomic E-state index is -0.506. The highest BCUT2D eigenvalue weighted by atomic mass is 16.6. The zero-order chi connectivity index (χ0) is 21.2. The molecule has 0 saturated carbocycles. The molecule has 2 aliphatic rings. The fourth-order valence-electron chi connectivity index (χ4n) is 4.19. The molecule has 7 nitrogen and oxygen atoms in total. The van der Waals surface area contributed by atoms with Gasteiger partial charge in [0.25, 0.3) is 5.91 Å². The van der Waals surface area contributed by atoms with Crippen molar-refractivity contribution < 1.29 is 23.8 Å². The van der Waals surface area contributed by atoms with Crippen LogP contribution in [-0.4, -0.2) is 42.7 Å². The van der Waals surface area contributed by atoms with Crippen LogP contribution in [0.25, 0.3) is 10.9 Å². The van der Waals surface area contributed by atoms with Gasteiger partial charge in [0, 0.05) is 16.6 Å². The van der Waals surface area contributed by atoms with E-state index < -0.39 is 5.97 Å². The van der Waals surface area contributed by atoms with Crippen molar-refractivity contribution in [2.24, 2.45) is 0 Å². The van der Waals surface area contributed by atoms with Crippen LogP contribution in [0.1, 0.15) is 34.5 Å². The molecule has 1 atom stereocenters. The van der Waals surface area contributed by atoms with Crippen LogP contribution in [0.3, 0.4) is 0 Å². The summed E-state index contributed by atoms with van der Waals surface area (Å²) in [7, 11) is 0. The number of ether oxygens (including phenoxy) is 3. The molecule has 2 aromatic carbocycles. The second-order valence-corrected chi connectivity index (χ2v) is 7.93. The molecular formula is C24H24N2O5. The molecule has 1 amide bonds. The number of aromatic nitrogens is 1. The Labute approximate surface area is 179 Å². The van der Waals surface area contributed by atoms with Gasteiger partial charge in [0.1, 0.15) is 12.7 Å². The normalized spacial score (nSPS) is 17.1. The fourth-order valence-corrected chi connectivity index (χ4v) is 4.19. The number of aromatic amines is 1. The van der Waals surface area contributed by atoms with E-state index in [9.17, 15) is 9.59 Å². The number of aryl methyl sites for hydroxylation is 2. The van der Waals surface area contributed by atoms with Crippen molar-refractivity contribution in [3.63, 3.8) is 0 Å². The summed E-state index contributed by atoms with van der Waals surface area (Å²) < 4.78 is 16.7. The van der Waals surface area contributed by atoms with Gasteiger partial charge in [-0.05, 0) is 61.6 Å². The first kappa shape index (κ1) is 19.5. The molecule has 1 aliphatic heterocycles. The molecule has 1 aromatic heterocycles. The topological polar surface area (TPSA) is 89.7 Å². The average molecular weight is 420 g/mol. The first-order valence-electron chi connectivity index (χ1n) is 10.6. The molecule has 31 heavy (non-hydrogen) atoms. The monoisotopic (exact) mass is 420 g/mol. The molecule has 0 unspecified atom stereocenters. The highest BCUT2D eigenvalue weighted by Gasteiger charge is 2.22.